The van der Waals surface area contributed by atoms with E-state index in [-0.39, 0.29) is 5.82 Å². The number of rotatable bonds is 6. The summed E-state index contributed by atoms with van der Waals surface area (Å²) in [5, 5.41) is 0.996. The van der Waals surface area contributed by atoms with Crippen LogP contribution in [0.5, 0.6) is 0 Å². The minimum Gasteiger partial charge on any atom is -0.377 e. The predicted octanol–water partition coefficient (Wildman–Crippen LogP) is 3.52. The van der Waals surface area contributed by atoms with Gasteiger partial charge in [0.15, 0.2) is 0 Å². The Morgan fingerprint density at radius 1 is 1.21 bits per heavy atom. The lowest BCUT2D eigenvalue weighted by Crippen LogP contribution is -1.97. The average Bonchev–Trinajstić information content (AvgIpc) is 2.20. The zero-order valence-corrected chi connectivity index (χ0v) is 9.60. The summed E-state index contributed by atoms with van der Waals surface area (Å²) in [6.45, 7) is 1.06. The summed E-state index contributed by atoms with van der Waals surface area (Å²) in [7, 11) is 0. The van der Waals surface area contributed by atoms with Gasteiger partial charge in [-0.05, 0) is 18.9 Å². The fourth-order valence-corrected chi connectivity index (χ4v) is 1.49. The van der Waals surface area contributed by atoms with Crippen molar-refractivity contribution in [3.63, 3.8) is 0 Å². The maximum Gasteiger partial charge on any atom is 0.128 e. The molecule has 1 aromatic rings. The Kier molecular flexibility index (Phi) is 5.80. The molecule has 0 saturated carbocycles. The number of unbranched alkanes of at least 4 members (excludes halogenated alkanes) is 1. The number of alkyl halides is 1. The molecule has 0 heterocycles. The fraction of sp³-hybridized carbons (Fsp3) is 0.455. The summed E-state index contributed by atoms with van der Waals surface area (Å²) in [6.07, 6.45) is 2.11. The second-order valence-electron chi connectivity index (χ2n) is 3.04. The largest absolute Gasteiger partial charge is 0.377 e. The zero-order chi connectivity index (χ0) is 10.2. The van der Waals surface area contributed by atoms with Crippen molar-refractivity contribution >= 4 is 15.9 Å². The van der Waals surface area contributed by atoms with Gasteiger partial charge in [0.1, 0.15) is 5.82 Å². The summed E-state index contributed by atoms with van der Waals surface area (Å²) in [5.74, 6) is -0.187. The molecule has 0 amide bonds. The highest BCUT2D eigenvalue weighted by Crippen LogP contribution is 2.07. The number of hydrogen-bond donors (Lipinski definition) is 0. The lowest BCUT2D eigenvalue weighted by Gasteiger charge is -2.04. The predicted molar refractivity (Wildman–Crippen MR) is 59.1 cm³/mol. The van der Waals surface area contributed by atoms with Gasteiger partial charge in [-0.2, -0.15) is 0 Å². The quantitative estimate of drug-likeness (QED) is 0.562. The van der Waals surface area contributed by atoms with Crippen molar-refractivity contribution in [2.24, 2.45) is 0 Å². The third kappa shape index (κ3) is 4.20. The second kappa shape index (κ2) is 6.96. The standard InChI is InChI=1S/C11H14BrFO/c12-7-3-4-8-14-9-10-5-1-2-6-11(10)13/h1-2,5-6H,3-4,7-9H2. The summed E-state index contributed by atoms with van der Waals surface area (Å²) in [4.78, 5) is 0. The summed E-state index contributed by atoms with van der Waals surface area (Å²) >= 11 is 3.34. The maximum absolute atomic E-state index is 13.1. The van der Waals surface area contributed by atoms with Gasteiger partial charge in [-0.25, -0.2) is 4.39 Å². The number of hydrogen-bond acceptors (Lipinski definition) is 1. The lowest BCUT2D eigenvalue weighted by atomic mass is 10.2. The van der Waals surface area contributed by atoms with Crippen molar-refractivity contribution in [3.8, 4) is 0 Å². The summed E-state index contributed by atoms with van der Waals surface area (Å²) in [6, 6.07) is 6.71. The van der Waals surface area contributed by atoms with E-state index in [1.807, 2.05) is 6.07 Å². The molecule has 14 heavy (non-hydrogen) atoms. The highest BCUT2D eigenvalue weighted by molar-refractivity contribution is 9.09. The Balaban J connectivity index is 2.21. The molecule has 0 spiro atoms. The van der Waals surface area contributed by atoms with E-state index in [1.165, 1.54) is 6.07 Å². The van der Waals surface area contributed by atoms with Crippen LogP contribution in [0.25, 0.3) is 0 Å². The van der Waals surface area contributed by atoms with Gasteiger partial charge in [-0.15, -0.1) is 0 Å². The molecular formula is C11H14BrFO. The van der Waals surface area contributed by atoms with Gasteiger partial charge in [-0.1, -0.05) is 34.1 Å². The third-order valence-electron chi connectivity index (χ3n) is 1.89. The average molecular weight is 261 g/mol. The van der Waals surface area contributed by atoms with Gasteiger partial charge in [0.2, 0.25) is 0 Å². The third-order valence-corrected chi connectivity index (χ3v) is 2.45. The molecule has 0 saturated heterocycles. The van der Waals surface area contributed by atoms with Crippen LogP contribution in [0.3, 0.4) is 0 Å². The molecular weight excluding hydrogens is 247 g/mol. The van der Waals surface area contributed by atoms with Gasteiger partial charge >= 0.3 is 0 Å². The number of halogens is 2. The van der Waals surface area contributed by atoms with Gasteiger partial charge in [-0.3, -0.25) is 0 Å². The molecule has 0 fully saturated rings. The van der Waals surface area contributed by atoms with E-state index in [9.17, 15) is 4.39 Å². The van der Waals surface area contributed by atoms with Gasteiger partial charge in [0.25, 0.3) is 0 Å². The van der Waals surface area contributed by atoms with E-state index in [0.717, 1.165) is 18.2 Å². The number of ether oxygens (including phenoxy) is 1. The monoisotopic (exact) mass is 260 g/mol. The van der Waals surface area contributed by atoms with Crippen LogP contribution < -0.4 is 0 Å². The minimum atomic E-state index is -0.187. The SMILES string of the molecule is Fc1ccccc1COCCCCBr. The molecule has 1 rings (SSSR count). The van der Waals surface area contributed by atoms with Crippen LogP contribution in [0.2, 0.25) is 0 Å². The molecule has 1 nitrogen and oxygen atoms in total. The first-order valence-corrected chi connectivity index (χ1v) is 5.84. The van der Waals surface area contributed by atoms with Crippen molar-refractivity contribution in [2.75, 3.05) is 11.9 Å². The van der Waals surface area contributed by atoms with Crippen LogP contribution in [0.15, 0.2) is 24.3 Å². The van der Waals surface area contributed by atoms with Crippen molar-refractivity contribution in [3.05, 3.63) is 35.6 Å². The Labute approximate surface area is 92.4 Å². The Morgan fingerprint density at radius 3 is 2.71 bits per heavy atom. The van der Waals surface area contributed by atoms with Crippen LogP contribution in [-0.2, 0) is 11.3 Å². The van der Waals surface area contributed by atoms with E-state index in [1.54, 1.807) is 12.1 Å². The molecule has 0 aliphatic rings. The van der Waals surface area contributed by atoms with Gasteiger partial charge in [0, 0.05) is 17.5 Å². The highest BCUT2D eigenvalue weighted by Gasteiger charge is 1.99. The molecule has 3 heteroatoms. The molecule has 78 valence electrons. The van der Waals surface area contributed by atoms with Crippen LogP contribution in [0.4, 0.5) is 4.39 Å². The first-order valence-electron chi connectivity index (χ1n) is 4.71. The molecule has 0 unspecified atom stereocenters. The van der Waals surface area contributed by atoms with Crippen LogP contribution in [0, 0.1) is 5.82 Å². The normalized spacial score (nSPS) is 10.4. The Hall–Kier alpha value is -0.410. The molecule has 0 aliphatic heterocycles. The zero-order valence-electron chi connectivity index (χ0n) is 8.01. The van der Waals surface area contributed by atoms with Crippen molar-refractivity contribution in [1.29, 1.82) is 0 Å². The maximum atomic E-state index is 13.1. The first-order chi connectivity index (χ1) is 6.84. The molecule has 0 bridgehead atoms. The van der Waals surface area contributed by atoms with Gasteiger partial charge in [0.05, 0.1) is 6.61 Å². The topological polar surface area (TPSA) is 9.23 Å². The molecule has 1 aromatic carbocycles. The van der Waals surface area contributed by atoms with Crippen LogP contribution >= 0.6 is 15.9 Å². The lowest BCUT2D eigenvalue weighted by molar-refractivity contribution is 0.116. The second-order valence-corrected chi connectivity index (χ2v) is 3.83. The smallest absolute Gasteiger partial charge is 0.128 e. The van der Waals surface area contributed by atoms with Crippen molar-refractivity contribution in [2.45, 2.75) is 19.4 Å². The van der Waals surface area contributed by atoms with Crippen LogP contribution in [-0.4, -0.2) is 11.9 Å². The van der Waals surface area contributed by atoms with Crippen molar-refractivity contribution in [1.82, 2.24) is 0 Å². The van der Waals surface area contributed by atoms with E-state index in [0.29, 0.717) is 18.8 Å². The van der Waals surface area contributed by atoms with E-state index < -0.39 is 0 Å². The number of benzene rings is 1. The summed E-state index contributed by atoms with van der Waals surface area (Å²) < 4.78 is 18.4. The highest BCUT2D eigenvalue weighted by atomic mass is 79.9. The Bertz CT molecular complexity index is 265. The summed E-state index contributed by atoms with van der Waals surface area (Å²) in [5.41, 5.74) is 0.631. The fourth-order valence-electron chi connectivity index (χ4n) is 1.10. The minimum absolute atomic E-state index is 0.187. The Morgan fingerprint density at radius 2 is 2.00 bits per heavy atom. The molecule has 0 atom stereocenters. The van der Waals surface area contributed by atoms with E-state index in [4.69, 9.17) is 4.74 Å². The van der Waals surface area contributed by atoms with E-state index >= 15 is 0 Å². The van der Waals surface area contributed by atoms with Crippen LogP contribution in [0.1, 0.15) is 18.4 Å². The molecule has 0 N–H and O–H groups in total. The first kappa shape index (κ1) is 11.7. The molecule has 0 aromatic heterocycles. The molecule has 0 aliphatic carbocycles. The van der Waals surface area contributed by atoms with Crippen molar-refractivity contribution < 1.29 is 9.13 Å². The van der Waals surface area contributed by atoms with Gasteiger partial charge < -0.3 is 4.74 Å². The molecule has 0 radical (unpaired) electrons. The van der Waals surface area contributed by atoms with E-state index in [2.05, 4.69) is 15.9 Å².